The maximum Gasteiger partial charge on any atom is 0.355 e. The van der Waals surface area contributed by atoms with Crippen LogP contribution in [0.1, 0.15) is 6.92 Å². The summed E-state index contributed by atoms with van der Waals surface area (Å²) in [5, 5.41) is 3.72. The van der Waals surface area contributed by atoms with Crippen LogP contribution in [0.4, 0.5) is 0 Å². The first-order valence-electron chi connectivity index (χ1n) is 4.98. The lowest BCUT2D eigenvalue weighted by Crippen LogP contribution is -2.08. The fourth-order valence-electron chi connectivity index (χ4n) is 1.17. The molecule has 0 saturated carbocycles. The van der Waals surface area contributed by atoms with E-state index in [4.69, 9.17) is 9.26 Å². The van der Waals surface area contributed by atoms with Crippen LogP contribution < -0.4 is 4.74 Å². The van der Waals surface area contributed by atoms with Gasteiger partial charge in [-0.05, 0) is 24.2 Å². The molecule has 0 bridgehead atoms. The second-order valence-electron chi connectivity index (χ2n) is 3.31. The molecule has 0 aliphatic carbocycles. The largest absolute Gasteiger partial charge is 0.454 e. The quantitative estimate of drug-likeness (QED) is 0.737. The zero-order chi connectivity index (χ0) is 11.4. The van der Waals surface area contributed by atoms with Gasteiger partial charge in [0.05, 0.1) is 0 Å². The summed E-state index contributed by atoms with van der Waals surface area (Å²) in [6, 6.07) is 9.77. The number of benzene rings is 1. The molecule has 1 aromatic heterocycles. The molecule has 4 heteroatoms. The zero-order valence-corrected chi connectivity index (χ0v) is 8.96. The van der Waals surface area contributed by atoms with Gasteiger partial charge in [0.1, 0.15) is 6.10 Å². The Morgan fingerprint density at radius 3 is 2.81 bits per heavy atom. The van der Waals surface area contributed by atoms with Crippen molar-refractivity contribution in [2.75, 3.05) is 0 Å². The number of aromatic nitrogens is 2. The van der Waals surface area contributed by atoms with E-state index >= 15 is 0 Å². The monoisotopic (exact) mass is 216 g/mol. The normalized spacial score (nSPS) is 12.1. The summed E-state index contributed by atoms with van der Waals surface area (Å²) in [5.41, 5.74) is 0.871. The Kier molecular flexibility index (Phi) is 3.00. The Bertz CT molecular complexity index is 465. The first-order valence-corrected chi connectivity index (χ1v) is 4.98. The molecule has 82 valence electrons. The van der Waals surface area contributed by atoms with E-state index in [2.05, 4.69) is 16.7 Å². The van der Waals surface area contributed by atoms with Crippen molar-refractivity contribution < 1.29 is 9.26 Å². The first kappa shape index (κ1) is 10.4. The lowest BCUT2D eigenvalue weighted by molar-refractivity contribution is 0.235. The van der Waals surface area contributed by atoms with Crippen molar-refractivity contribution in [3.63, 3.8) is 0 Å². The van der Waals surface area contributed by atoms with E-state index in [1.807, 2.05) is 37.3 Å². The van der Waals surface area contributed by atoms with Crippen LogP contribution in [0.15, 0.2) is 47.5 Å². The van der Waals surface area contributed by atoms with Crippen LogP contribution in [0.25, 0.3) is 11.5 Å². The van der Waals surface area contributed by atoms with Gasteiger partial charge in [-0.3, -0.25) is 0 Å². The number of nitrogens with zero attached hydrogens (tertiary/aromatic N) is 2. The van der Waals surface area contributed by atoms with E-state index in [9.17, 15) is 0 Å². The van der Waals surface area contributed by atoms with E-state index in [1.54, 1.807) is 6.08 Å². The molecule has 16 heavy (non-hydrogen) atoms. The van der Waals surface area contributed by atoms with Crippen molar-refractivity contribution in [2.24, 2.45) is 0 Å². The van der Waals surface area contributed by atoms with Gasteiger partial charge in [-0.25, -0.2) is 0 Å². The minimum absolute atomic E-state index is 0.138. The lowest BCUT2D eigenvalue weighted by Gasteiger charge is -2.03. The molecule has 0 spiro atoms. The van der Waals surface area contributed by atoms with Crippen LogP contribution in [0.3, 0.4) is 0 Å². The molecule has 2 rings (SSSR count). The summed E-state index contributed by atoms with van der Waals surface area (Å²) in [6.07, 6.45) is 1.53. The predicted octanol–water partition coefficient (Wildman–Crippen LogP) is 2.69. The Labute approximate surface area is 93.6 Å². The third kappa shape index (κ3) is 2.28. The van der Waals surface area contributed by atoms with Gasteiger partial charge >= 0.3 is 6.01 Å². The zero-order valence-electron chi connectivity index (χ0n) is 8.96. The predicted molar refractivity (Wildman–Crippen MR) is 60.0 cm³/mol. The van der Waals surface area contributed by atoms with Crippen LogP contribution in [0.5, 0.6) is 6.01 Å². The van der Waals surface area contributed by atoms with E-state index in [-0.39, 0.29) is 12.1 Å². The van der Waals surface area contributed by atoms with Gasteiger partial charge in [-0.15, -0.1) is 0 Å². The van der Waals surface area contributed by atoms with Crippen molar-refractivity contribution >= 4 is 0 Å². The van der Waals surface area contributed by atoms with Crippen molar-refractivity contribution in [2.45, 2.75) is 13.0 Å². The van der Waals surface area contributed by atoms with Gasteiger partial charge in [0.25, 0.3) is 5.89 Å². The first-order chi connectivity index (χ1) is 7.79. The van der Waals surface area contributed by atoms with E-state index in [0.717, 1.165) is 5.56 Å². The summed E-state index contributed by atoms with van der Waals surface area (Å²) in [6.45, 7) is 5.46. The van der Waals surface area contributed by atoms with Crippen LogP contribution >= 0.6 is 0 Å². The molecule has 4 nitrogen and oxygen atoms in total. The summed E-state index contributed by atoms with van der Waals surface area (Å²) < 4.78 is 10.4. The molecule has 0 N–H and O–H groups in total. The van der Waals surface area contributed by atoms with Crippen molar-refractivity contribution in [3.05, 3.63) is 43.0 Å². The maximum atomic E-state index is 5.33. The molecule has 1 heterocycles. The molecular formula is C12H12N2O2. The molecule has 1 atom stereocenters. The molecule has 1 unspecified atom stereocenters. The van der Waals surface area contributed by atoms with Gasteiger partial charge in [0.2, 0.25) is 0 Å². The van der Waals surface area contributed by atoms with Gasteiger partial charge < -0.3 is 9.26 Å². The van der Waals surface area contributed by atoms with E-state index < -0.39 is 0 Å². The van der Waals surface area contributed by atoms with Crippen LogP contribution in [0, 0.1) is 0 Å². The molecule has 0 fully saturated rings. The Balaban J connectivity index is 2.17. The van der Waals surface area contributed by atoms with Gasteiger partial charge in [-0.1, -0.05) is 30.9 Å². The van der Waals surface area contributed by atoms with Gasteiger partial charge in [-0.2, -0.15) is 4.98 Å². The Morgan fingerprint density at radius 2 is 2.12 bits per heavy atom. The topological polar surface area (TPSA) is 48.2 Å². The Morgan fingerprint density at radius 1 is 1.38 bits per heavy atom. The summed E-state index contributed by atoms with van der Waals surface area (Å²) in [7, 11) is 0. The molecular weight excluding hydrogens is 204 g/mol. The molecule has 0 radical (unpaired) electrons. The molecule has 0 aliphatic heterocycles. The highest BCUT2D eigenvalue weighted by Gasteiger charge is 2.10. The summed E-state index contributed by atoms with van der Waals surface area (Å²) >= 11 is 0. The highest BCUT2D eigenvalue weighted by atomic mass is 16.6. The highest BCUT2D eigenvalue weighted by molar-refractivity contribution is 5.52. The van der Waals surface area contributed by atoms with Crippen molar-refractivity contribution in [3.8, 4) is 17.5 Å². The second-order valence-corrected chi connectivity index (χ2v) is 3.31. The van der Waals surface area contributed by atoms with E-state index in [0.29, 0.717) is 5.89 Å². The molecule has 2 aromatic rings. The number of rotatable bonds is 4. The van der Waals surface area contributed by atoms with E-state index in [1.165, 1.54) is 0 Å². The third-order valence-corrected chi connectivity index (χ3v) is 2.05. The average Bonchev–Trinajstić information content (AvgIpc) is 2.78. The summed E-state index contributed by atoms with van der Waals surface area (Å²) in [5.74, 6) is 0.451. The SMILES string of the molecule is C=CC(C)Oc1noc(-c2ccccc2)n1. The number of ether oxygens (including phenoxy) is 1. The van der Waals surface area contributed by atoms with Crippen LogP contribution in [0.2, 0.25) is 0 Å². The number of hydrogen-bond acceptors (Lipinski definition) is 4. The number of hydrogen-bond donors (Lipinski definition) is 0. The van der Waals surface area contributed by atoms with Crippen molar-refractivity contribution in [1.29, 1.82) is 0 Å². The van der Waals surface area contributed by atoms with Crippen LogP contribution in [-0.2, 0) is 0 Å². The smallest absolute Gasteiger partial charge is 0.355 e. The minimum atomic E-state index is -0.138. The second kappa shape index (κ2) is 4.61. The lowest BCUT2D eigenvalue weighted by atomic mass is 10.2. The fourth-order valence-corrected chi connectivity index (χ4v) is 1.17. The van der Waals surface area contributed by atoms with Crippen molar-refractivity contribution in [1.82, 2.24) is 10.1 Å². The van der Waals surface area contributed by atoms with Gasteiger partial charge in [0.15, 0.2) is 0 Å². The standard InChI is InChI=1S/C12H12N2O2/c1-3-9(2)15-12-13-11(16-14-12)10-7-5-4-6-8-10/h3-9H,1H2,2H3. The molecule has 0 saturated heterocycles. The molecule has 0 amide bonds. The minimum Gasteiger partial charge on any atom is -0.454 e. The maximum absolute atomic E-state index is 5.33. The summed E-state index contributed by atoms with van der Waals surface area (Å²) in [4.78, 5) is 4.12. The van der Waals surface area contributed by atoms with Crippen LogP contribution in [-0.4, -0.2) is 16.2 Å². The molecule has 0 aliphatic rings. The Hall–Kier alpha value is -2.10. The fraction of sp³-hybridized carbons (Fsp3) is 0.167. The molecule has 1 aromatic carbocycles. The highest BCUT2D eigenvalue weighted by Crippen LogP contribution is 2.19. The van der Waals surface area contributed by atoms with Gasteiger partial charge in [0, 0.05) is 5.56 Å². The average molecular weight is 216 g/mol. The third-order valence-electron chi connectivity index (χ3n) is 2.05.